The molecule has 0 aromatic carbocycles. The predicted octanol–water partition coefficient (Wildman–Crippen LogP) is 1.43. The summed E-state index contributed by atoms with van der Waals surface area (Å²) in [5.74, 6) is 0.332. The van der Waals surface area contributed by atoms with Gasteiger partial charge in [-0.1, -0.05) is 0 Å². The van der Waals surface area contributed by atoms with Gasteiger partial charge in [0, 0.05) is 19.4 Å². The number of ketones is 1. The standard InChI is InChI=1S/C10H13NO2/c11-7-8-3-6-13-10(8)4-1-9(12)2-5-10/h8H,1-6H2. The minimum Gasteiger partial charge on any atom is -0.374 e. The van der Waals surface area contributed by atoms with E-state index in [2.05, 4.69) is 6.07 Å². The maximum absolute atomic E-state index is 11.1. The third kappa shape index (κ3) is 1.36. The van der Waals surface area contributed by atoms with Crippen LogP contribution in [0.25, 0.3) is 0 Å². The van der Waals surface area contributed by atoms with Gasteiger partial charge in [-0.05, 0) is 19.3 Å². The van der Waals surface area contributed by atoms with Gasteiger partial charge in [0.2, 0.25) is 0 Å². The summed E-state index contributed by atoms with van der Waals surface area (Å²) >= 11 is 0. The topological polar surface area (TPSA) is 50.1 Å². The van der Waals surface area contributed by atoms with Gasteiger partial charge in [0.15, 0.2) is 0 Å². The van der Waals surface area contributed by atoms with Gasteiger partial charge in [0.25, 0.3) is 0 Å². The molecule has 0 N–H and O–H groups in total. The first-order chi connectivity index (χ1) is 6.27. The summed E-state index contributed by atoms with van der Waals surface area (Å²) in [5, 5.41) is 8.93. The van der Waals surface area contributed by atoms with Gasteiger partial charge in [-0.3, -0.25) is 4.79 Å². The van der Waals surface area contributed by atoms with Crippen LogP contribution >= 0.6 is 0 Å². The van der Waals surface area contributed by atoms with E-state index in [-0.39, 0.29) is 11.5 Å². The van der Waals surface area contributed by atoms with Crippen molar-refractivity contribution in [1.29, 1.82) is 5.26 Å². The van der Waals surface area contributed by atoms with Crippen LogP contribution in [0.5, 0.6) is 0 Å². The summed E-state index contributed by atoms with van der Waals surface area (Å²) < 4.78 is 5.66. The Morgan fingerprint density at radius 3 is 2.77 bits per heavy atom. The molecular weight excluding hydrogens is 166 g/mol. The van der Waals surface area contributed by atoms with Gasteiger partial charge < -0.3 is 4.74 Å². The predicted molar refractivity (Wildman–Crippen MR) is 45.9 cm³/mol. The van der Waals surface area contributed by atoms with E-state index < -0.39 is 0 Å². The van der Waals surface area contributed by atoms with Gasteiger partial charge in [0.05, 0.1) is 17.6 Å². The summed E-state index contributed by atoms with van der Waals surface area (Å²) in [6, 6.07) is 2.30. The molecule has 3 nitrogen and oxygen atoms in total. The summed E-state index contributed by atoms with van der Waals surface area (Å²) in [6.07, 6.45) is 3.54. The fourth-order valence-electron chi connectivity index (χ4n) is 2.37. The molecule has 1 spiro atoms. The van der Waals surface area contributed by atoms with E-state index in [0.29, 0.717) is 25.2 Å². The molecule has 1 atom stereocenters. The first kappa shape index (κ1) is 8.71. The van der Waals surface area contributed by atoms with Crippen LogP contribution in [-0.4, -0.2) is 18.0 Å². The molecule has 0 radical (unpaired) electrons. The minimum atomic E-state index is -0.261. The molecule has 13 heavy (non-hydrogen) atoms. The van der Waals surface area contributed by atoms with Gasteiger partial charge in [-0.25, -0.2) is 0 Å². The van der Waals surface area contributed by atoms with Crippen LogP contribution in [0.1, 0.15) is 32.1 Å². The van der Waals surface area contributed by atoms with Gasteiger partial charge in [-0.2, -0.15) is 5.26 Å². The zero-order valence-electron chi connectivity index (χ0n) is 7.58. The van der Waals surface area contributed by atoms with Crippen LogP contribution in [0.15, 0.2) is 0 Å². The van der Waals surface area contributed by atoms with Crippen LogP contribution in [-0.2, 0) is 9.53 Å². The van der Waals surface area contributed by atoms with E-state index in [1.165, 1.54) is 0 Å². The van der Waals surface area contributed by atoms with E-state index in [4.69, 9.17) is 10.00 Å². The maximum Gasteiger partial charge on any atom is 0.133 e. The number of rotatable bonds is 0. The fraction of sp³-hybridized carbons (Fsp3) is 0.800. The van der Waals surface area contributed by atoms with Crippen molar-refractivity contribution < 1.29 is 9.53 Å². The summed E-state index contributed by atoms with van der Waals surface area (Å²) in [4.78, 5) is 11.1. The Morgan fingerprint density at radius 1 is 1.46 bits per heavy atom. The number of hydrogen-bond donors (Lipinski definition) is 0. The number of hydrogen-bond acceptors (Lipinski definition) is 3. The van der Waals surface area contributed by atoms with E-state index >= 15 is 0 Å². The molecule has 0 bridgehead atoms. The quantitative estimate of drug-likeness (QED) is 0.565. The van der Waals surface area contributed by atoms with Crippen molar-refractivity contribution in [2.45, 2.75) is 37.7 Å². The summed E-state index contributed by atoms with van der Waals surface area (Å²) in [6.45, 7) is 0.687. The summed E-state index contributed by atoms with van der Waals surface area (Å²) in [5.41, 5.74) is -0.261. The van der Waals surface area contributed by atoms with E-state index in [9.17, 15) is 4.79 Å². The SMILES string of the molecule is N#CC1CCOC12CCC(=O)CC2. The zero-order valence-corrected chi connectivity index (χ0v) is 7.58. The maximum atomic E-state index is 11.1. The molecule has 0 aromatic heterocycles. The molecule has 70 valence electrons. The van der Waals surface area contributed by atoms with Crippen molar-refractivity contribution in [2.75, 3.05) is 6.61 Å². The van der Waals surface area contributed by atoms with E-state index in [0.717, 1.165) is 19.3 Å². The molecule has 1 aliphatic carbocycles. The number of nitriles is 1. The van der Waals surface area contributed by atoms with Crippen LogP contribution < -0.4 is 0 Å². The Labute approximate surface area is 77.7 Å². The van der Waals surface area contributed by atoms with Gasteiger partial charge in [0.1, 0.15) is 5.78 Å². The van der Waals surface area contributed by atoms with E-state index in [1.807, 2.05) is 0 Å². The molecule has 2 fully saturated rings. The minimum absolute atomic E-state index is 0.0144. The molecule has 2 rings (SSSR count). The normalized spacial score (nSPS) is 31.9. The molecule has 1 saturated carbocycles. The highest BCUT2D eigenvalue weighted by molar-refractivity contribution is 5.79. The monoisotopic (exact) mass is 179 g/mol. The fourth-order valence-corrected chi connectivity index (χ4v) is 2.37. The lowest BCUT2D eigenvalue weighted by molar-refractivity contribution is -0.127. The Hall–Kier alpha value is -0.880. The number of nitrogens with zero attached hydrogens (tertiary/aromatic N) is 1. The highest BCUT2D eigenvalue weighted by Gasteiger charge is 2.46. The van der Waals surface area contributed by atoms with Crippen molar-refractivity contribution in [1.82, 2.24) is 0 Å². The second kappa shape index (κ2) is 3.12. The average molecular weight is 179 g/mol. The molecule has 1 heterocycles. The largest absolute Gasteiger partial charge is 0.374 e. The second-order valence-corrected chi connectivity index (χ2v) is 3.92. The Morgan fingerprint density at radius 2 is 2.15 bits per heavy atom. The lowest BCUT2D eigenvalue weighted by Gasteiger charge is -2.34. The van der Waals surface area contributed by atoms with Crippen LogP contribution in [0.4, 0.5) is 0 Å². The average Bonchev–Trinajstić information content (AvgIpc) is 2.54. The molecule has 3 heteroatoms. The number of Topliss-reactive ketones (excluding diaryl/α,β-unsaturated/α-hetero) is 1. The lowest BCUT2D eigenvalue weighted by Crippen LogP contribution is -2.39. The van der Waals surface area contributed by atoms with Crippen molar-refractivity contribution in [2.24, 2.45) is 5.92 Å². The second-order valence-electron chi connectivity index (χ2n) is 3.92. The number of ether oxygens (including phenoxy) is 1. The number of carbonyl (C=O) groups is 1. The van der Waals surface area contributed by atoms with Crippen molar-refractivity contribution >= 4 is 5.78 Å². The molecule has 1 saturated heterocycles. The van der Waals surface area contributed by atoms with Gasteiger partial charge >= 0.3 is 0 Å². The van der Waals surface area contributed by atoms with Gasteiger partial charge in [-0.15, -0.1) is 0 Å². The smallest absolute Gasteiger partial charge is 0.133 e. The zero-order chi connectivity index (χ0) is 9.31. The Balaban J connectivity index is 2.12. The molecule has 1 unspecified atom stereocenters. The Kier molecular flexibility index (Phi) is 2.09. The summed E-state index contributed by atoms with van der Waals surface area (Å²) in [7, 11) is 0. The highest BCUT2D eigenvalue weighted by atomic mass is 16.5. The molecule has 1 aliphatic heterocycles. The molecule has 0 amide bonds. The number of carbonyl (C=O) groups excluding carboxylic acids is 1. The lowest BCUT2D eigenvalue weighted by atomic mass is 9.76. The molecule has 2 aliphatic rings. The third-order valence-electron chi connectivity index (χ3n) is 3.24. The Bertz CT molecular complexity index is 257. The van der Waals surface area contributed by atoms with Crippen LogP contribution in [0.3, 0.4) is 0 Å². The first-order valence-corrected chi connectivity index (χ1v) is 4.82. The molecular formula is C10H13NO2. The highest BCUT2D eigenvalue weighted by Crippen LogP contribution is 2.42. The van der Waals surface area contributed by atoms with Crippen molar-refractivity contribution in [3.8, 4) is 6.07 Å². The van der Waals surface area contributed by atoms with Crippen molar-refractivity contribution in [3.63, 3.8) is 0 Å². The molecule has 0 aromatic rings. The first-order valence-electron chi connectivity index (χ1n) is 4.82. The van der Waals surface area contributed by atoms with Crippen LogP contribution in [0, 0.1) is 17.2 Å². The van der Waals surface area contributed by atoms with Crippen molar-refractivity contribution in [3.05, 3.63) is 0 Å². The van der Waals surface area contributed by atoms with E-state index in [1.54, 1.807) is 0 Å². The van der Waals surface area contributed by atoms with Crippen LogP contribution in [0.2, 0.25) is 0 Å². The third-order valence-corrected chi connectivity index (χ3v) is 3.24.